The molecule has 5 aromatic carbocycles. The van der Waals surface area contributed by atoms with Crippen LogP contribution < -0.4 is 18.9 Å². The Balaban J connectivity index is 1.14. The highest BCUT2D eigenvalue weighted by atomic mass is 16.5. The van der Waals surface area contributed by atoms with E-state index in [1.54, 1.807) is 86.1 Å². The molecule has 0 spiro atoms. The lowest BCUT2D eigenvalue weighted by molar-refractivity contribution is 0.0725. The monoisotopic (exact) mass is 559 g/mol. The fourth-order valence-electron chi connectivity index (χ4n) is 4.09. The molecule has 7 heteroatoms. The molecule has 0 radical (unpaired) electrons. The third-order valence-corrected chi connectivity index (χ3v) is 6.35. The van der Waals surface area contributed by atoms with Crippen LogP contribution in [0.2, 0.25) is 0 Å². The van der Waals surface area contributed by atoms with E-state index in [9.17, 15) is 9.59 Å². The van der Waals surface area contributed by atoms with E-state index in [0.29, 0.717) is 34.9 Å². The number of benzene rings is 5. The van der Waals surface area contributed by atoms with Gasteiger partial charge in [-0.2, -0.15) is 0 Å². The maximum Gasteiger partial charge on any atom is 0.343 e. The molecule has 0 bridgehead atoms. The highest BCUT2D eigenvalue weighted by Crippen LogP contribution is 2.24. The zero-order chi connectivity index (χ0) is 29.3. The highest BCUT2D eigenvalue weighted by molar-refractivity contribution is 5.97. The number of carbonyl (C=O) groups excluding carboxylic acids is 2. The third kappa shape index (κ3) is 7.20. The number of nitrogens with zero attached hydrogens (tertiary/aromatic N) is 1. The van der Waals surface area contributed by atoms with Crippen molar-refractivity contribution in [2.75, 3.05) is 13.7 Å². The summed E-state index contributed by atoms with van der Waals surface area (Å²) in [4.78, 5) is 29.6. The average molecular weight is 560 g/mol. The van der Waals surface area contributed by atoms with Crippen LogP contribution in [0.25, 0.3) is 10.8 Å². The second kappa shape index (κ2) is 13.3. The molecule has 0 aliphatic rings. The predicted molar refractivity (Wildman–Crippen MR) is 163 cm³/mol. The van der Waals surface area contributed by atoms with Gasteiger partial charge in [-0.25, -0.2) is 9.59 Å². The summed E-state index contributed by atoms with van der Waals surface area (Å²) < 4.78 is 21.8. The van der Waals surface area contributed by atoms with Crippen molar-refractivity contribution in [1.82, 2.24) is 0 Å². The molecule has 0 fully saturated rings. The number of rotatable bonds is 10. The molecule has 5 rings (SSSR count). The van der Waals surface area contributed by atoms with Gasteiger partial charge >= 0.3 is 11.9 Å². The zero-order valence-corrected chi connectivity index (χ0v) is 23.3. The Morgan fingerprint density at radius 2 is 1.19 bits per heavy atom. The largest absolute Gasteiger partial charge is 0.497 e. The Bertz CT molecular complexity index is 1710. The van der Waals surface area contributed by atoms with Gasteiger partial charge in [0, 0.05) is 6.21 Å². The van der Waals surface area contributed by atoms with E-state index >= 15 is 0 Å². The Hall–Kier alpha value is -5.43. The molecule has 0 N–H and O–H groups in total. The third-order valence-electron chi connectivity index (χ3n) is 6.35. The first-order chi connectivity index (χ1) is 20.5. The number of hydrogen-bond donors (Lipinski definition) is 0. The first kappa shape index (κ1) is 28.1. The zero-order valence-electron chi connectivity index (χ0n) is 23.3. The van der Waals surface area contributed by atoms with Crippen molar-refractivity contribution in [3.8, 4) is 23.0 Å². The summed E-state index contributed by atoms with van der Waals surface area (Å²) in [6.45, 7) is 2.66. The van der Waals surface area contributed by atoms with Crippen molar-refractivity contribution in [2.45, 2.75) is 13.3 Å². The fourth-order valence-corrected chi connectivity index (χ4v) is 4.09. The van der Waals surface area contributed by atoms with E-state index in [2.05, 4.69) is 4.99 Å². The molecule has 7 nitrogen and oxygen atoms in total. The first-order valence-corrected chi connectivity index (χ1v) is 13.5. The molecule has 0 saturated heterocycles. The molecule has 0 heterocycles. The summed E-state index contributed by atoms with van der Waals surface area (Å²) in [6.07, 6.45) is 2.62. The average Bonchev–Trinajstić information content (AvgIpc) is 3.03. The van der Waals surface area contributed by atoms with Gasteiger partial charge in [-0.05, 0) is 120 Å². The lowest BCUT2D eigenvalue weighted by Gasteiger charge is -2.07. The van der Waals surface area contributed by atoms with E-state index in [1.165, 1.54) is 0 Å². The van der Waals surface area contributed by atoms with Gasteiger partial charge in [0.25, 0.3) is 0 Å². The maximum absolute atomic E-state index is 12.7. The molecule has 5 aromatic rings. The van der Waals surface area contributed by atoms with Crippen LogP contribution in [0.15, 0.2) is 114 Å². The maximum atomic E-state index is 12.7. The molecular formula is C35H29NO6. The lowest BCUT2D eigenvalue weighted by Crippen LogP contribution is -2.08. The Kier molecular flexibility index (Phi) is 8.89. The molecule has 0 aliphatic carbocycles. The lowest BCUT2D eigenvalue weighted by atomic mass is 10.1. The summed E-state index contributed by atoms with van der Waals surface area (Å²) >= 11 is 0. The Morgan fingerprint density at radius 3 is 1.86 bits per heavy atom. The van der Waals surface area contributed by atoms with Crippen LogP contribution >= 0.6 is 0 Å². The number of carbonyl (C=O) groups is 2. The molecule has 0 aromatic heterocycles. The van der Waals surface area contributed by atoms with Crippen LogP contribution in [0.1, 0.15) is 39.6 Å². The van der Waals surface area contributed by atoms with Crippen molar-refractivity contribution in [3.63, 3.8) is 0 Å². The molecule has 0 saturated carbocycles. The van der Waals surface area contributed by atoms with E-state index in [-0.39, 0.29) is 0 Å². The number of hydrogen-bond acceptors (Lipinski definition) is 7. The van der Waals surface area contributed by atoms with Crippen molar-refractivity contribution in [3.05, 3.63) is 126 Å². The molecule has 0 amide bonds. The van der Waals surface area contributed by atoms with Crippen LogP contribution in [0.4, 0.5) is 5.69 Å². The quantitative estimate of drug-likeness (QED) is 0.0985. The highest BCUT2D eigenvalue weighted by Gasteiger charge is 2.11. The summed E-state index contributed by atoms with van der Waals surface area (Å²) in [5.74, 6) is 1.44. The molecule has 0 atom stereocenters. The van der Waals surface area contributed by atoms with E-state index < -0.39 is 11.9 Å². The number of esters is 2. The number of aliphatic imine (C=N–C) groups is 1. The van der Waals surface area contributed by atoms with Crippen LogP contribution in [0.3, 0.4) is 0 Å². The number of fused-ring (bicyclic) bond motifs is 1. The van der Waals surface area contributed by atoms with Crippen molar-refractivity contribution in [2.24, 2.45) is 4.99 Å². The van der Waals surface area contributed by atoms with Crippen LogP contribution in [0, 0.1) is 0 Å². The van der Waals surface area contributed by atoms with E-state index in [4.69, 9.17) is 18.9 Å². The molecule has 42 heavy (non-hydrogen) atoms. The minimum Gasteiger partial charge on any atom is -0.497 e. The van der Waals surface area contributed by atoms with Gasteiger partial charge in [-0.3, -0.25) is 4.99 Å². The van der Waals surface area contributed by atoms with Gasteiger partial charge in [0.15, 0.2) is 0 Å². The predicted octanol–water partition coefficient (Wildman–Crippen LogP) is 7.83. The smallest absolute Gasteiger partial charge is 0.343 e. The Morgan fingerprint density at radius 1 is 0.643 bits per heavy atom. The number of ether oxygens (including phenoxy) is 4. The van der Waals surface area contributed by atoms with E-state index in [0.717, 1.165) is 34.3 Å². The minimum atomic E-state index is -0.444. The normalized spacial score (nSPS) is 10.9. The summed E-state index contributed by atoms with van der Waals surface area (Å²) in [5.41, 5.74) is 2.42. The topological polar surface area (TPSA) is 83.4 Å². The number of methoxy groups -OCH3 is 1. The summed E-state index contributed by atoms with van der Waals surface area (Å²) in [6, 6.07) is 31.9. The molecule has 210 valence electrons. The van der Waals surface area contributed by atoms with Crippen LogP contribution in [-0.4, -0.2) is 31.9 Å². The van der Waals surface area contributed by atoms with Gasteiger partial charge in [-0.1, -0.05) is 19.1 Å². The fraction of sp³-hybridized carbons (Fsp3) is 0.114. The SMILES string of the molecule is CCCOc1ccc(C(=O)Oc2ccc(C=Nc3ccc(OC(=O)c4ccc5cc(OC)ccc5c4)cc3)cc2)cc1. The second-order valence-electron chi connectivity index (χ2n) is 9.40. The van der Waals surface area contributed by atoms with Crippen LogP contribution in [-0.2, 0) is 0 Å². The van der Waals surface area contributed by atoms with Crippen LogP contribution in [0.5, 0.6) is 23.0 Å². The van der Waals surface area contributed by atoms with Crippen molar-refractivity contribution >= 4 is 34.6 Å². The van der Waals surface area contributed by atoms with Gasteiger partial charge in [0.05, 0.1) is 30.5 Å². The molecular weight excluding hydrogens is 530 g/mol. The van der Waals surface area contributed by atoms with Gasteiger partial charge in [0.2, 0.25) is 0 Å². The van der Waals surface area contributed by atoms with Gasteiger partial charge in [0.1, 0.15) is 23.0 Å². The second-order valence-corrected chi connectivity index (χ2v) is 9.40. The first-order valence-electron chi connectivity index (χ1n) is 13.5. The van der Waals surface area contributed by atoms with Crippen molar-refractivity contribution in [1.29, 1.82) is 0 Å². The van der Waals surface area contributed by atoms with Gasteiger partial charge in [-0.15, -0.1) is 0 Å². The molecule has 0 unspecified atom stereocenters. The summed E-state index contributed by atoms with van der Waals surface area (Å²) in [5, 5.41) is 1.90. The standard InChI is InChI=1S/C35H29NO6/c1-3-20-40-30-15-8-25(9-16-30)34(37)41-31-13-4-24(5-14-31)23-36-29-11-18-32(19-12-29)42-35(38)28-7-6-27-22-33(39-2)17-10-26(27)21-28/h4-19,21-23H,3,20H2,1-2H3. The molecule has 0 aliphatic heterocycles. The Labute approximate surface area is 244 Å². The van der Waals surface area contributed by atoms with Gasteiger partial charge < -0.3 is 18.9 Å². The van der Waals surface area contributed by atoms with E-state index in [1.807, 2.05) is 43.3 Å². The minimum absolute atomic E-state index is 0.420. The summed E-state index contributed by atoms with van der Waals surface area (Å²) in [7, 11) is 1.62. The van der Waals surface area contributed by atoms with Crippen molar-refractivity contribution < 1.29 is 28.5 Å².